The maximum absolute atomic E-state index is 6.05. The molecule has 1 saturated carbocycles. The third-order valence-corrected chi connectivity index (χ3v) is 5.26. The molecule has 1 aromatic carbocycles. The van der Waals surface area contributed by atoms with Crippen LogP contribution >= 0.6 is 0 Å². The van der Waals surface area contributed by atoms with Crippen LogP contribution in [0.3, 0.4) is 0 Å². The molecule has 2 atom stereocenters. The molecule has 2 unspecified atom stereocenters. The molecule has 21 heavy (non-hydrogen) atoms. The lowest BCUT2D eigenvalue weighted by Crippen LogP contribution is -2.46. The van der Waals surface area contributed by atoms with E-state index >= 15 is 0 Å². The zero-order valence-electron chi connectivity index (χ0n) is 13.3. The van der Waals surface area contributed by atoms with Gasteiger partial charge in [-0.05, 0) is 43.4 Å². The first-order chi connectivity index (χ1) is 10.4. The SMILES string of the molecule is CCNC(C1CCCCCC1)C1COc2ccccc2C1. The number of fused-ring (bicyclic) bond motifs is 1. The number of nitrogens with one attached hydrogen (secondary N) is 1. The highest BCUT2D eigenvalue weighted by Gasteiger charge is 2.32. The van der Waals surface area contributed by atoms with Crippen LogP contribution in [-0.4, -0.2) is 19.2 Å². The fourth-order valence-electron chi connectivity index (χ4n) is 4.21. The number of para-hydroxylation sites is 1. The first-order valence-corrected chi connectivity index (χ1v) is 8.82. The Kier molecular flexibility index (Phi) is 5.18. The fourth-order valence-corrected chi connectivity index (χ4v) is 4.21. The zero-order valence-corrected chi connectivity index (χ0v) is 13.3. The summed E-state index contributed by atoms with van der Waals surface area (Å²) in [5.41, 5.74) is 1.39. The molecule has 2 heteroatoms. The standard InChI is InChI=1S/C19H29NO/c1-2-20-19(15-9-5-3-4-6-10-15)17-13-16-11-7-8-12-18(16)21-14-17/h7-8,11-12,15,17,19-20H,2-6,9-10,13-14H2,1H3. The van der Waals surface area contributed by atoms with Gasteiger partial charge in [0.2, 0.25) is 0 Å². The van der Waals surface area contributed by atoms with Crippen LogP contribution < -0.4 is 10.1 Å². The van der Waals surface area contributed by atoms with E-state index in [1.807, 2.05) is 0 Å². The van der Waals surface area contributed by atoms with Crippen LogP contribution in [0.5, 0.6) is 5.75 Å². The normalized spacial score (nSPS) is 24.7. The predicted molar refractivity (Wildman–Crippen MR) is 87.8 cm³/mol. The summed E-state index contributed by atoms with van der Waals surface area (Å²) in [5.74, 6) is 2.57. The number of hydrogen-bond acceptors (Lipinski definition) is 2. The molecule has 0 bridgehead atoms. The maximum Gasteiger partial charge on any atom is 0.122 e. The van der Waals surface area contributed by atoms with E-state index < -0.39 is 0 Å². The van der Waals surface area contributed by atoms with Gasteiger partial charge in [-0.3, -0.25) is 0 Å². The molecule has 116 valence electrons. The van der Waals surface area contributed by atoms with E-state index in [1.165, 1.54) is 50.5 Å². The Morgan fingerprint density at radius 3 is 2.62 bits per heavy atom. The van der Waals surface area contributed by atoms with Gasteiger partial charge in [0.1, 0.15) is 5.75 Å². The fraction of sp³-hybridized carbons (Fsp3) is 0.684. The molecule has 2 aliphatic rings. The van der Waals surface area contributed by atoms with Crippen molar-refractivity contribution in [2.45, 2.75) is 57.9 Å². The zero-order chi connectivity index (χ0) is 14.5. The highest BCUT2D eigenvalue weighted by atomic mass is 16.5. The Balaban J connectivity index is 1.72. The third kappa shape index (κ3) is 3.60. The molecule has 0 aromatic heterocycles. The molecule has 0 radical (unpaired) electrons. The summed E-state index contributed by atoms with van der Waals surface area (Å²) in [5, 5.41) is 3.80. The molecule has 1 aliphatic carbocycles. The minimum atomic E-state index is 0.626. The second kappa shape index (κ2) is 7.31. The average Bonchev–Trinajstić information content (AvgIpc) is 2.81. The molecule has 0 amide bonds. The summed E-state index contributed by atoms with van der Waals surface area (Å²) in [6.07, 6.45) is 9.65. The summed E-state index contributed by atoms with van der Waals surface area (Å²) in [7, 11) is 0. The summed E-state index contributed by atoms with van der Waals surface area (Å²) in [4.78, 5) is 0. The quantitative estimate of drug-likeness (QED) is 0.839. The van der Waals surface area contributed by atoms with Crippen LogP contribution in [0, 0.1) is 11.8 Å². The lowest BCUT2D eigenvalue weighted by Gasteiger charge is -2.37. The molecule has 2 nitrogen and oxygen atoms in total. The highest BCUT2D eigenvalue weighted by molar-refractivity contribution is 5.35. The van der Waals surface area contributed by atoms with Crippen molar-refractivity contribution in [1.82, 2.24) is 5.32 Å². The first kappa shape index (κ1) is 14.9. The molecule has 1 heterocycles. The molecule has 0 saturated heterocycles. The summed E-state index contributed by atoms with van der Waals surface area (Å²) < 4.78 is 6.05. The third-order valence-electron chi connectivity index (χ3n) is 5.26. The molecule has 1 N–H and O–H groups in total. The van der Waals surface area contributed by atoms with Crippen molar-refractivity contribution >= 4 is 0 Å². The van der Waals surface area contributed by atoms with Crippen LogP contribution in [0.4, 0.5) is 0 Å². The van der Waals surface area contributed by atoms with Gasteiger partial charge in [-0.2, -0.15) is 0 Å². The second-order valence-corrected chi connectivity index (χ2v) is 6.72. The molecular weight excluding hydrogens is 258 g/mol. The van der Waals surface area contributed by atoms with E-state index in [0.29, 0.717) is 12.0 Å². The lowest BCUT2D eigenvalue weighted by molar-refractivity contribution is 0.146. The molecule has 1 fully saturated rings. The van der Waals surface area contributed by atoms with Crippen molar-refractivity contribution in [2.24, 2.45) is 11.8 Å². The molecule has 3 rings (SSSR count). The number of ether oxygens (including phenoxy) is 1. The van der Waals surface area contributed by atoms with E-state index in [2.05, 4.69) is 36.5 Å². The number of hydrogen-bond donors (Lipinski definition) is 1. The smallest absolute Gasteiger partial charge is 0.122 e. The Morgan fingerprint density at radius 2 is 1.86 bits per heavy atom. The van der Waals surface area contributed by atoms with Gasteiger partial charge in [0.05, 0.1) is 6.61 Å². The number of rotatable bonds is 4. The van der Waals surface area contributed by atoms with Crippen molar-refractivity contribution in [3.8, 4) is 5.75 Å². The van der Waals surface area contributed by atoms with Gasteiger partial charge < -0.3 is 10.1 Å². The van der Waals surface area contributed by atoms with Crippen molar-refractivity contribution in [3.63, 3.8) is 0 Å². The summed E-state index contributed by atoms with van der Waals surface area (Å²) in [6, 6.07) is 9.18. The Hall–Kier alpha value is -1.02. The van der Waals surface area contributed by atoms with E-state index in [4.69, 9.17) is 4.74 Å². The van der Waals surface area contributed by atoms with Crippen molar-refractivity contribution < 1.29 is 4.74 Å². The van der Waals surface area contributed by atoms with Crippen LogP contribution in [0.25, 0.3) is 0 Å². The van der Waals surface area contributed by atoms with Crippen LogP contribution in [-0.2, 0) is 6.42 Å². The van der Waals surface area contributed by atoms with E-state index in [-0.39, 0.29) is 0 Å². The van der Waals surface area contributed by atoms with Crippen molar-refractivity contribution in [1.29, 1.82) is 0 Å². The van der Waals surface area contributed by atoms with E-state index in [9.17, 15) is 0 Å². The van der Waals surface area contributed by atoms with Crippen molar-refractivity contribution in [2.75, 3.05) is 13.2 Å². The Bertz CT molecular complexity index is 437. The summed E-state index contributed by atoms with van der Waals surface area (Å²) >= 11 is 0. The van der Waals surface area contributed by atoms with Gasteiger partial charge in [0.15, 0.2) is 0 Å². The Labute approximate surface area is 129 Å². The lowest BCUT2D eigenvalue weighted by atomic mass is 9.80. The van der Waals surface area contributed by atoms with E-state index in [1.54, 1.807) is 0 Å². The van der Waals surface area contributed by atoms with Gasteiger partial charge in [0, 0.05) is 12.0 Å². The monoisotopic (exact) mass is 287 g/mol. The highest BCUT2D eigenvalue weighted by Crippen LogP contribution is 2.34. The minimum Gasteiger partial charge on any atom is -0.493 e. The second-order valence-electron chi connectivity index (χ2n) is 6.72. The summed E-state index contributed by atoms with van der Waals surface area (Å²) in [6.45, 7) is 4.19. The van der Waals surface area contributed by atoms with E-state index in [0.717, 1.165) is 24.8 Å². The topological polar surface area (TPSA) is 21.3 Å². The van der Waals surface area contributed by atoms with Gasteiger partial charge in [-0.1, -0.05) is 50.8 Å². The largest absolute Gasteiger partial charge is 0.493 e. The van der Waals surface area contributed by atoms with Gasteiger partial charge in [-0.15, -0.1) is 0 Å². The van der Waals surface area contributed by atoms with Crippen LogP contribution in [0.2, 0.25) is 0 Å². The maximum atomic E-state index is 6.05. The molecular formula is C19H29NO. The molecule has 0 spiro atoms. The first-order valence-electron chi connectivity index (χ1n) is 8.82. The van der Waals surface area contributed by atoms with Crippen LogP contribution in [0.15, 0.2) is 24.3 Å². The molecule has 1 aromatic rings. The van der Waals surface area contributed by atoms with Crippen LogP contribution in [0.1, 0.15) is 51.0 Å². The average molecular weight is 287 g/mol. The van der Waals surface area contributed by atoms with Crippen molar-refractivity contribution in [3.05, 3.63) is 29.8 Å². The number of benzene rings is 1. The van der Waals surface area contributed by atoms with Gasteiger partial charge in [0.25, 0.3) is 0 Å². The predicted octanol–water partition coefficient (Wildman–Crippen LogP) is 4.19. The van der Waals surface area contributed by atoms with Gasteiger partial charge in [-0.25, -0.2) is 0 Å². The molecule has 1 aliphatic heterocycles. The minimum absolute atomic E-state index is 0.626. The van der Waals surface area contributed by atoms with Gasteiger partial charge >= 0.3 is 0 Å². The Morgan fingerprint density at radius 1 is 1.10 bits per heavy atom.